The van der Waals surface area contributed by atoms with E-state index < -0.39 is 11.9 Å². The molecule has 1 unspecified atom stereocenters. The van der Waals surface area contributed by atoms with Crippen molar-refractivity contribution in [2.75, 3.05) is 0 Å². The maximum absolute atomic E-state index is 11.4. The highest BCUT2D eigenvalue weighted by Crippen LogP contribution is 2.18. The summed E-state index contributed by atoms with van der Waals surface area (Å²) < 4.78 is 0.852. The molecule has 5 heteroatoms. The third-order valence-electron chi connectivity index (χ3n) is 2.99. The largest absolute Gasteiger partial charge is 0.481 e. The number of aliphatic carboxylic acids is 1. The van der Waals surface area contributed by atoms with Crippen LogP contribution in [0.3, 0.4) is 0 Å². The Labute approximate surface area is 130 Å². The number of halogens is 2. The first kappa shape index (κ1) is 15.0. The molecule has 20 heavy (non-hydrogen) atoms. The van der Waals surface area contributed by atoms with Crippen LogP contribution in [-0.4, -0.2) is 16.1 Å². The molecule has 1 aromatic heterocycles. The van der Waals surface area contributed by atoms with Gasteiger partial charge in [-0.15, -0.1) is 0 Å². The summed E-state index contributed by atoms with van der Waals surface area (Å²) in [5.74, 6) is -1.28. The van der Waals surface area contributed by atoms with Gasteiger partial charge in [-0.1, -0.05) is 23.7 Å². The highest BCUT2D eigenvalue weighted by atomic mass is 79.9. The smallest absolute Gasteiger partial charge is 0.307 e. The molecule has 3 nitrogen and oxygen atoms in total. The van der Waals surface area contributed by atoms with E-state index in [9.17, 15) is 9.90 Å². The Morgan fingerprint density at radius 1 is 1.20 bits per heavy atom. The van der Waals surface area contributed by atoms with Crippen molar-refractivity contribution in [3.63, 3.8) is 0 Å². The molecule has 0 aliphatic rings. The van der Waals surface area contributed by atoms with E-state index in [2.05, 4.69) is 20.9 Å². The Morgan fingerprint density at radius 2 is 1.85 bits per heavy atom. The Hall–Kier alpha value is -1.39. The van der Waals surface area contributed by atoms with Crippen molar-refractivity contribution in [2.24, 2.45) is 5.92 Å². The van der Waals surface area contributed by atoms with Crippen LogP contribution in [0.15, 0.2) is 47.2 Å². The lowest BCUT2D eigenvalue weighted by Crippen LogP contribution is -2.19. The molecule has 2 rings (SSSR count). The lowest BCUT2D eigenvalue weighted by atomic mass is 9.93. The van der Waals surface area contributed by atoms with Gasteiger partial charge in [-0.3, -0.25) is 9.78 Å². The highest BCUT2D eigenvalue weighted by molar-refractivity contribution is 9.10. The van der Waals surface area contributed by atoms with E-state index in [1.807, 2.05) is 18.2 Å². The third-order valence-corrected chi connectivity index (χ3v) is 3.67. The monoisotopic (exact) mass is 353 g/mol. The minimum atomic E-state index is -0.806. The van der Waals surface area contributed by atoms with Crippen LogP contribution < -0.4 is 0 Å². The van der Waals surface area contributed by atoms with Crippen LogP contribution >= 0.6 is 27.5 Å². The molecule has 0 amide bonds. The second kappa shape index (κ2) is 6.86. The molecule has 2 aromatic rings. The molecule has 0 saturated heterocycles. The first-order chi connectivity index (χ1) is 9.54. The number of benzene rings is 1. The molecule has 1 aromatic carbocycles. The molecule has 0 spiro atoms. The summed E-state index contributed by atoms with van der Waals surface area (Å²) in [5, 5.41) is 10.0. The van der Waals surface area contributed by atoms with Crippen LogP contribution in [0.1, 0.15) is 11.1 Å². The van der Waals surface area contributed by atoms with Crippen molar-refractivity contribution in [3.8, 4) is 0 Å². The summed E-state index contributed by atoms with van der Waals surface area (Å²) >= 11 is 9.17. The molecule has 1 N–H and O–H groups in total. The normalized spacial score (nSPS) is 12.1. The maximum Gasteiger partial charge on any atom is 0.307 e. The van der Waals surface area contributed by atoms with E-state index in [-0.39, 0.29) is 0 Å². The number of hydrogen-bond donors (Lipinski definition) is 1. The summed E-state index contributed by atoms with van der Waals surface area (Å²) in [5.41, 5.74) is 1.87. The number of carboxylic acid groups (broad SMARTS) is 1. The SMILES string of the molecule is O=C(O)C(Cc1ccc(Cl)cc1)Cc1cncc(Br)c1. The predicted molar refractivity (Wildman–Crippen MR) is 81.9 cm³/mol. The molecule has 1 heterocycles. The number of carbonyl (C=O) groups is 1. The van der Waals surface area contributed by atoms with Gasteiger partial charge in [0.2, 0.25) is 0 Å². The van der Waals surface area contributed by atoms with E-state index in [4.69, 9.17) is 11.6 Å². The van der Waals surface area contributed by atoms with E-state index in [0.29, 0.717) is 17.9 Å². The summed E-state index contributed by atoms with van der Waals surface area (Å²) in [4.78, 5) is 15.5. The fourth-order valence-electron chi connectivity index (χ4n) is 2.00. The van der Waals surface area contributed by atoms with Crippen molar-refractivity contribution in [1.82, 2.24) is 4.98 Å². The molecule has 0 aliphatic heterocycles. The number of aromatic nitrogens is 1. The standard InChI is InChI=1S/C15H13BrClNO2/c16-13-7-11(8-18-9-13)6-12(15(19)20)5-10-1-3-14(17)4-2-10/h1-4,7-9,12H,5-6H2,(H,19,20). The zero-order valence-electron chi connectivity index (χ0n) is 10.6. The Balaban J connectivity index is 2.11. The van der Waals surface area contributed by atoms with Gasteiger partial charge in [0.05, 0.1) is 5.92 Å². The molecule has 0 bridgehead atoms. The fourth-order valence-corrected chi connectivity index (χ4v) is 2.54. The maximum atomic E-state index is 11.4. The second-order valence-electron chi connectivity index (χ2n) is 4.58. The number of rotatable bonds is 5. The van der Waals surface area contributed by atoms with Gasteiger partial charge in [0, 0.05) is 21.9 Å². The van der Waals surface area contributed by atoms with Crippen molar-refractivity contribution in [3.05, 3.63) is 63.3 Å². The third kappa shape index (κ3) is 4.32. The molecular formula is C15H13BrClNO2. The molecular weight excluding hydrogens is 342 g/mol. The summed E-state index contributed by atoms with van der Waals surface area (Å²) in [6.07, 6.45) is 4.30. The van der Waals surface area contributed by atoms with Gasteiger partial charge in [0.15, 0.2) is 0 Å². The van der Waals surface area contributed by atoms with Crippen LogP contribution in [-0.2, 0) is 17.6 Å². The number of hydrogen-bond acceptors (Lipinski definition) is 2. The summed E-state index contributed by atoms with van der Waals surface area (Å²) in [6.45, 7) is 0. The second-order valence-corrected chi connectivity index (χ2v) is 5.93. The molecule has 0 radical (unpaired) electrons. The highest BCUT2D eigenvalue weighted by Gasteiger charge is 2.19. The minimum Gasteiger partial charge on any atom is -0.481 e. The average Bonchev–Trinajstić information content (AvgIpc) is 2.40. The van der Waals surface area contributed by atoms with Crippen LogP contribution in [0.25, 0.3) is 0 Å². The summed E-state index contributed by atoms with van der Waals surface area (Å²) in [6, 6.07) is 9.16. The van der Waals surface area contributed by atoms with Gasteiger partial charge in [0.1, 0.15) is 0 Å². The number of carboxylic acids is 1. The Morgan fingerprint density at radius 3 is 2.45 bits per heavy atom. The van der Waals surface area contributed by atoms with E-state index in [0.717, 1.165) is 15.6 Å². The lowest BCUT2D eigenvalue weighted by Gasteiger charge is -2.12. The van der Waals surface area contributed by atoms with E-state index >= 15 is 0 Å². The molecule has 0 fully saturated rings. The van der Waals surface area contributed by atoms with Crippen LogP contribution in [0.4, 0.5) is 0 Å². The zero-order valence-corrected chi connectivity index (χ0v) is 12.9. The first-order valence-electron chi connectivity index (χ1n) is 6.11. The van der Waals surface area contributed by atoms with Gasteiger partial charge in [-0.2, -0.15) is 0 Å². The van der Waals surface area contributed by atoms with Crippen molar-refractivity contribution in [1.29, 1.82) is 0 Å². The topological polar surface area (TPSA) is 50.2 Å². The quantitative estimate of drug-likeness (QED) is 0.883. The molecule has 0 saturated carbocycles. The first-order valence-corrected chi connectivity index (χ1v) is 7.28. The predicted octanol–water partition coefficient (Wildman–Crippen LogP) is 3.98. The Kier molecular flexibility index (Phi) is 5.15. The van der Waals surface area contributed by atoms with Crippen molar-refractivity contribution < 1.29 is 9.90 Å². The average molecular weight is 355 g/mol. The van der Waals surface area contributed by atoms with E-state index in [1.165, 1.54) is 0 Å². The van der Waals surface area contributed by atoms with Crippen molar-refractivity contribution in [2.45, 2.75) is 12.8 Å². The molecule has 0 aliphatic carbocycles. The zero-order chi connectivity index (χ0) is 14.5. The number of nitrogens with zero attached hydrogens (tertiary/aromatic N) is 1. The Bertz CT molecular complexity index is 601. The fraction of sp³-hybridized carbons (Fsp3) is 0.200. The minimum absolute atomic E-state index is 0.449. The van der Waals surface area contributed by atoms with Gasteiger partial charge < -0.3 is 5.11 Å². The van der Waals surface area contributed by atoms with Crippen LogP contribution in [0.2, 0.25) is 5.02 Å². The van der Waals surface area contributed by atoms with Crippen LogP contribution in [0, 0.1) is 5.92 Å². The van der Waals surface area contributed by atoms with Gasteiger partial charge in [-0.05, 0) is 58.1 Å². The number of pyridine rings is 1. The molecule has 104 valence electrons. The van der Waals surface area contributed by atoms with Gasteiger partial charge in [0.25, 0.3) is 0 Å². The van der Waals surface area contributed by atoms with Crippen molar-refractivity contribution >= 4 is 33.5 Å². The van der Waals surface area contributed by atoms with E-state index in [1.54, 1.807) is 24.5 Å². The van der Waals surface area contributed by atoms with Gasteiger partial charge in [-0.25, -0.2) is 0 Å². The lowest BCUT2D eigenvalue weighted by molar-refractivity contribution is -0.141. The molecule has 1 atom stereocenters. The van der Waals surface area contributed by atoms with Gasteiger partial charge >= 0.3 is 5.97 Å². The summed E-state index contributed by atoms with van der Waals surface area (Å²) in [7, 11) is 0. The van der Waals surface area contributed by atoms with Crippen LogP contribution in [0.5, 0.6) is 0 Å².